The Bertz CT molecular complexity index is 701. The third-order valence-corrected chi connectivity index (χ3v) is 8.91. The van der Waals surface area contributed by atoms with E-state index in [1.807, 2.05) is 6.92 Å². The Morgan fingerprint density at radius 2 is 2.00 bits per heavy atom. The standard InChI is InChI=1S/C23H33NO2/c1-14(24-4)18-7-8-19-17-6-5-16-11-21(26)15(13-25)12-23(16,3)20(17)9-10-22(18,19)2/h5,15,17,19-21,25-26H,6-13H2,1-3H3/b18-14-/t15-,17+,19+,20+,21+,22-,23+/m1/s1. The number of aliphatic hydroxyl groups is 2. The quantitative estimate of drug-likeness (QED) is 0.528. The fourth-order valence-corrected chi connectivity index (χ4v) is 7.49. The summed E-state index contributed by atoms with van der Waals surface area (Å²) in [6.07, 6.45) is 9.59. The second kappa shape index (κ2) is 6.21. The van der Waals surface area contributed by atoms with Gasteiger partial charge in [-0.25, -0.2) is 4.85 Å². The van der Waals surface area contributed by atoms with Gasteiger partial charge >= 0.3 is 0 Å². The van der Waals surface area contributed by atoms with Crippen molar-refractivity contribution in [3.05, 3.63) is 34.3 Å². The molecule has 4 rings (SSSR count). The number of allylic oxidation sites excluding steroid dienone is 3. The third kappa shape index (κ3) is 2.38. The minimum atomic E-state index is -0.382. The first-order chi connectivity index (χ1) is 12.3. The summed E-state index contributed by atoms with van der Waals surface area (Å²) in [7, 11) is 0. The van der Waals surface area contributed by atoms with Crippen molar-refractivity contribution in [1.29, 1.82) is 0 Å². The van der Waals surface area contributed by atoms with E-state index in [0.717, 1.165) is 31.4 Å². The normalized spacial score (nSPS) is 49.4. The summed E-state index contributed by atoms with van der Waals surface area (Å²) in [6.45, 7) is 14.4. The van der Waals surface area contributed by atoms with E-state index in [9.17, 15) is 10.2 Å². The number of aliphatic hydroxyl groups excluding tert-OH is 2. The van der Waals surface area contributed by atoms with Crippen molar-refractivity contribution < 1.29 is 10.2 Å². The second-order valence-electron chi connectivity index (χ2n) is 9.85. The molecule has 0 heterocycles. The first-order valence-corrected chi connectivity index (χ1v) is 10.4. The molecule has 0 aromatic carbocycles. The zero-order valence-electron chi connectivity index (χ0n) is 16.5. The molecular weight excluding hydrogens is 322 g/mol. The molecule has 3 nitrogen and oxygen atoms in total. The van der Waals surface area contributed by atoms with Crippen molar-refractivity contribution in [1.82, 2.24) is 0 Å². The summed E-state index contributed by atoms with van der Waals surface area (Å²) in [5.41, 5.74) is 4.17. The molecule has 3 saturated carbocycles. The van der Waals surface area contributed by atoms with Crippen LogP contribution in [-0.2, 0) is 0 Å². The van der Waals surface area contributed by atoms with Crippen LogP contribution in [0.3, 0.4) is 0 Å². The number of nitrogens with zero attached hydrogens (tertiary/aromatic N) is 1. The Kier molecular flexibility index (Phi) is 4.36. The number of rotatable bonds is 1. The Hall–Kier alpha value is -1.11. The van der Waals surface area contributed by atoms with Gasteiger partial charge in [0, 0.05) is 12.5 Å². The molecule has 0 radical (unpaired) electrons. The average molecular weight is 356 g/mol. The van der Waals surface area contributed by atoms with E-state index >= 15 is 0 Å². The van der Waals surface area contributed by atoms with E-state index < -0.39 is 0 Å². The Morgan fingerprint density at radius 1 is 1.27 bits per heavy atom. The van der Waals surface area contributed by atoms with Crippen molar-refractivity contribution in [3.8, 4) is 0 Å². The van der Waals surface area contributed by atoms with Gasteiger partial charge < -0.3 is 10.2 Å². The van der Waals surface area contributed by atoms with E-state index in [-0.39, 0.29) is 29.5 Å². The molecule has 4 aliphatic carbocycles. The van der Waals surface area contributed by atoms with Crippen LogP contribution in [0.15, 0.2) is 22.9 Å². The van der Waals surface area contributed by atoms with Gasteiger partial charge in [0.2, 0.25) is 0 Å². The fourth-order valence-electron chi connectivity index (χ4n) is 7.49. The highest BCUT2D eigenvalue weighted by molar-refractivity contribution is 5.33. The maximum Gasteiger partial charge on any atom is 0.162 e. The Morgan fingerprint density at radius 3 is 2.69 bits per heavy atom. The molecule has 0 amide bonds. The van der Waals surface area contributed by atoms with Crippen molar-refractivity contribution in [2.45, 2.75) is 71.8 Å². The van der Waals surface area contributed by atoms with Crippen LogP contribution in [0.25, 0.3) is 4.85 Å². The molecule has 4 aliphatic rings. The van der Waals surface area contributed by atoms with Gasteiger partial charge in [-0.05, 0) is 80.5 Å². The van der Waals surface area contributed by atoms with Crippen LogP contribution in [0.2, 0.25) is 0 Å². The lowest BCUT2D eigenvalue weighted by Crippen LogP contribution is -2.51. The molecule has 26 heavy (non-hydrogen) atoms. The topological polar surface area (TPSA) is 44.8 Å². The number of hydrogen-bond acceptors (Lipinski definition) is 2. The summed E-state index contributed by atoms with van der Waals surface area (Å²) >= 11 is 0. The molecule has 0 aromatic rings. The van der Waals surface area contributed by atoms with Crippen LogP contribution < -0.4 is 0 Å². The summed E-state index contributed by atoms with van der Waals surface area (Å²) < 4.78 is 0. The SMILES string of the molecule is [C-]#[N+]/C(C)=C1/CC[C@H]2[C@@H]3CC=C4C[C@H](O)[C@@H](CO)C[C@]4(C)[C@H]3CC[C@]12C. The fraction of sp³-hybridized carbons (Fsp3) is 0.783. The highest BCUT2D eigenvalue weighted by Gasteiger charge is 2.58. The summed E-state index contributed by atoms with van der Waals surface area (Å²) in [5.74, 6) is 2.05. The van der Waals surface area contributed by atoms with E-state index in [0.29, 0.717) is 17.8 Å². The minimum Gasteiger partial charge on any atom is -0.396 e. The van der Waals surface area contributed by atoms with Gasteiger partial charge in [-0.15, -0.1) is 0 Å². The molecular formula is C23H33NO2. The molecule has 0 bridgehead atoms. The van der Waals surface area contributed by atoms with Gasteiger partial charge in [0.25, 0.3) is 0 Å². The molecule has 3 heteroatoms. The lowest BCUT2D eigenvalue weighted by Gasteiger charge is -2.58. The predicted molar refractivity (Wildman–Crippen MR) is 103 cm³/mol. The second-order valence-corrected chi connectivity index (χ2v) is 9.85. The molecule has 142 valence electrons. The molecule has 0 saturated heterocycles. The predicted octanol–water partition coefficient (Wildman–Crippen LogP) is 4.72. The summed E-state index contributed by atoms with van der Waals surface area (Å²) in [6, 6.07) is 0. The molecule has 0 spiro atoms. The monoisotopic (exact) mass is 355 g/mol. The van der Waals surface area contributed by atoms with Crippen LogP contribution in [0, 0.1) is 41.1 Å². The van der Waals surface area contributed by atoms with E-state index in [1.165, 1.54) is 30.4 Å². The van der Waals surface area contributed by atoms with Crippen LogP contribution in [0.5, 0.6) is 0 Å². The van der Waals surface area contributed by atoms with Gasteiger partial charge in [-0.2, -0.15) is 0 Å². The highest BCUT2D eigenvalue weighted by Crippen LogP contribution is 2.66. The maximum atomic E-state index is 10.4. The lowest BCUT2D eigenvalue weighted by atomic mass is 9.47. The van der Waals surface area contributed by atoms with Gasteiger partial charge in [-0.3, -0.25) is 0 Å². The van der Waals surface area contributed by atoms with Gasteiger partial charge in [0.15, 0.2) is 5.70 Å². The van der Waals surface area contributed by atoms with Crippen LogP contribution in [0.4, 0.5) is 0 Å². The third-order valence-electron chi connectivity index (χ3n) is 8.91. The average Bonchev–Trinajstić information content (AvgIpc) is 2.98. The van der Waals surface area contributed by atoms with Gasteiger partial charge in [0.1, 0.15) is 0 Å². The summed E-state index contributed by atoms with van der Waals surface area (Å²) in [4.78, 5) is 3.78. The van der Waals surface area contributed by atoms with Crippen LogP contribution in [-0.4, -0.2) is 22.9 Å². The first-order valence-electron chi connectivity index (χ1n) is 10.4. The smallest absolute Gasteiger partial charge is 0.162 e. The van der Waals surface area contributed by atoms with Crippen molar-refractivity contribution >= 4 is 0 Å². The lowest BCUT2D eigenvalue weighted by molar-refractivity contribution is -0.0555. The van der Waals surface area contributed by atoms with Gasteiger partial charge in [-0.1, -0.05) is 31.1 Å². The molecule has 0 aliphatic heterocycles. The van der Waals surface area contributed by atoms with Crippen molar-refractivity contribution in [3.63, 3.8) is 0 Å². The number of fused-ring (bicyclic) bond motifs is 5. The summed E-state index contributed by atoms with van der Waals surface area (Å²) in [5, 5.41) is 20.2. The molecule has 2 N–H and O–H groups in total. The molecule has 7 atom stereocenters. The Balaban J connectivity index is 1.69. The molecule has 3 fully saturated rings. The number of hydrogen-bond donors (Lipinski definition) is 2. The molecule has 0 unspecified atom stereocenters. The minimum absolute atomic E-state index is 0.0209. The maximum absolute atomic E-state index is 10.4. The molecule has 0 aromatic heterocycles. The Labute approximate surface area is 158 Å². The highest BCUT2D eigenvalue weighted by atomic mass is 16.3. The largest absolute Gasteiger partial charge is 0.396 e. The van der Waals surface area contributed by atoms with Crippen LogP contribution in [0.1, 0.15) is 65.7 Å². The zero-order chi connectivity index (χ0) is 18.7. The van der Waals surface area contributed by atoms with E-state index in [1.54, 1.807) is 0 Å². The van der Waals surface area contributed by atoms with Crippen LogP contribution >= 0.6 is 0 Å². The van der Waals surface area contributed by atoms with Crippen molar-refractivity contribution in [2.75, 3.05) is 6.61 Å². The van der Waals surface area contributed by atoms with E-state index in [4.69, 9.17) is 6.57 Å². The first kappa shape index (κ1) is 18.3. The van der Waals surface area contributed by atoms with Crippen molar-refractivity contribution in [2.24, 2.45) is 34.5 Å². The van der Waals surface area contributed by atoms with Gasteiger partial charge in [0.05, 0.1) is 12.7 Å². The zero-order valence-corrected chi connectivity index (χ0v) is 16.5. The van der Waals surface area contributed by atoms with E-state index in [2.05, 4.69) is 24.8 Å².